The molecule has 1 heterocycles. The Kier molecular flexibility index (Phi) is 3.97. The van der Waals surface area contributed by atoms with Crippen molar-refractivity contribution in [3.8, 4) is 11.5 Å². The summed E-state index contributed by atoms with van der Waals surface area (Å²) in [6, 6.07) is 0. The molecule has 14 heavy (non-hydrogen) atoms. The molecule has 1 fully saturated rings. The van der Waals surface area contributed by atoms with Crippen molar-refractivity contribution in [2.24, 2.45) is 0 Å². The second-order valence-corrected chi connectivity index (χ2v) is 9.88. The first kappa shape index (κ1) is 11.6. The molecule has 1 aliphatic rings. The number of likely N-dealkylation sites (tertiary alicyclic amines) is 1. The maximum atomic E-state index is 3.38. The van der Waals surface area contributed by atoms with Crippen LogP contribution < -0.4 is 0 Å². The lowest BCUT2D eigenvalue weighted by atomic mass is 10.0. The quantitative estimate of drug-likeness (QED) is 0.436. The van der Waals surface area contributed by atoms with Gasteiger partial charge in [-0.3, -0.25) is 0 Å². The number of nitrogens with zero attached hydrogens (tertiary/aromatic N) is 1. The summed E-state index contributed by atoms with van der Waals surface area (Å²) in [6.07, 6.45) is 4.57. The Hall–Kier alpha value is -0.523. The predicted octanol–water partition coefficient (Wildman–Crippen LogP) is 2.52. The molecule has 0 bridgehead atoms. The highest BCUT2D eigenvalue weighted by molar-refractivity contribution is 6.83. The van der Waals surface area contributed by atoms with Gasteiger partial charge in [-0.2, -0.15) is 0 Å². The van der Waals surface area contributed by atoms with Crippen LogP contribution in [0.4, 0.5) is 0 Å². The first-order chi connectivity index (χ1) is 6.47. The molecule has 0 unspecified atom stereocenters. The van der Waals surface area contributed by atoms with E-state index in [9.17, 15) is 0 Å². The summed E-state index contributed by atoms with van der Waals surface area (Å²) in [6.45, 7) is 9.24. The summed E-state index contributed by atoms with van der Waals surface area (Å²) in [5.41, 5.74) is 4.92. The molecule has 2 heteroatoms. The van der Waals surface area contributed by atoms with Crippen molar-refractivity contribution in [1.82, 2.24) is 4.90 Å². The summed E-state index contributed by atoms with van der Waals surface area (Å²) >= 11 is 0. The Morgan fingerprint density at radius 1 is 1.21 bits per heavy atom. The van der Waals surface area contributed by atoms with Crippen LogP contribution in [0, 0.1) is 11.5 Å². The van der Waals surface area contributed by atoms with Gasteiger partial charge >= 0.3 is 0 Å². The zero-order chi connectivity index (χ0) is 10.6. The van der Waals surface area contributed by atoms with E-state index in [0.717, 1.165) is 0 Å². The molecule has 1 aliphatic heterocycles. The van der Waals surface area contributed by atoms with Crippen LogP contribution in [0.25, 0.3) is 0 Å². The fourth-order valence-electron chi connectivity index (χ4n) is 1.40. The lowest BCUT2D eigenvalue weighted by Gasteiger charge is -2.23. The Morgan fingerprint density at radius 3 is 2.29 bits per heavy atom. The lowest BCUT2D eigenvalue weighted by molar-refractivity contribution is 0.312. The van der Waals surface area contributed by atoms with Gasteiger partial charge in [0, 0.05) is 13.1 Å². The van der Waals surface area contributed by atoms with Gasteiger partial charge in [0.15, 0.2) is 0 Å². The molecule has 0 aromatic heterocycles. The van der Waals surface area contributed by atoms with E-state index in [2.05, 4.69) is 49.1 Å². The van der Waals surface area contributed by atoms with Crippen LogP contribution in [0.1, 0.15) is 12.8 Å². The minimum Gasteiger partial charge on any atom is -0.306 e. The predicted molar refractivity (Wildman–Crippen MR) is 65.9 cm³/mol. The zero-order valence-electron chi connectivity index (χ0n) is 9.85. The fourth-order valence-corrected chi connectivity index (χ4v) is 1.91. The van der Waals surface area contributed by atoms with Crippen LogP contribution in [0.5, 0.6) is 0 Å². The molecule has 0 atom stereocenters. The highest BCUT2D eigenvalue weighted by Crippen LogP contribution is 2.13. The van der Waals surface area contributed by atoms with Crippen LogP contribution in [0.15, 0.2) is 11.6 Å². The van der Waals surface area contributed by atoms with Gasteiger partial charge in [0.2, 0.25) is 0 Å². The van der Waals surface area contributed by atoms with Crippen molar-refractivity contribution in [2.45, 2.75) is 32.5 Å². The SMILES string of the molecule is CN1CCC(=CC#C[Si](C)(C)C)CC1. The molecule has 0 spiro atoms. The third-order valence-corrected chi connectivity index (χ3v) is 3.25. The van der Waals surface area contributed by atoms with Crippen LogP contribution >= 0.6 is 0 Å². The van der Waals surface area contributed by atoms with Crippen molar-refractivity contribution in [1.29, 1.82) is 0 Å². The van der Waals surface area contributed by atoms with E-state index in [1.807, 2.05) is 0 Å². The van der Waals surface area contributed by atoms with Crippen molar-refractivity contribution >= 4 is 8.07 Å². The molecule has 0 saturated carbocycles. The highest BCUT2D eigenvalue weighted by Gasteiger charge is 2.09. The first-order valence-electron chi connectivity index (χ1n) is 5.36. The van der Waals surface area contributed by atoms with E-state index < -0.39 is 8.07 Å². The lowest BCUT2D eigenvalue weighted by Crippen LogP contribution is -2.26. The smallest absolute Gasteiger partial charge is 0.129 e. The molecule has 0 aromatic rings. The van der Waals surface area contributed by atoms with E-state index in [0.29, 0.717) is 0 Å². The Labute approximate surface area is 89.2 Å². The fraction of sp³-hybridized carbons (Fsp3) is 0.667. The van der Waals surface area contributed by atoms with Gasteiger partial charge in [0.1, 0.15) is 8.07 Å². The standard InChI is InChI=1S/C12H21NSi/c1-13-9-7-12(8-10-13)6-5-11-14(2,3)4/h6H,7-10H2,1-4H3. The Bertz CT molecular complexity index is 265. The summed E-state index contributed by atoms with van der Waals surface area (Å²) in [5, 5.41) is 0. The molecule has 78 valence electrons. The van der Waals surface area contributed by atoms with Crippen LogP contribution in [-0.2, 0) is 0 Å². The van der Waals surface area contributed by atoms with Crippen molar-refractivity contribution in [3.05, 3.63) is 11.6 Å². The largest absolute Gasteiger partial charge is 0.306 e. The first-order valence-corrected chi connectivity index (χ1v) is 8.86. The van der Waals surface area contributed by atoms with Gasteiger partial charge in [-0.15, -0.1) is 5.54 Å². The minimum absolute atomic E-state index is 1.17. The second kappa shape index (κ2) is 4.81. The monoisotopic (exact) mass is 207 g/mol. The number of hydrogen-bond donors (Lipinski definition) is 0. The van der Waals surface area contributed by atoms with Crippen molar-refractivity contribution in [3.63, 3.8) is 0 Å². The molecule has 0 radical (unpaired) electrons. The second-order valence-electron chi connectivity index (χ2n) is 5.13. The van der Waals surface area contributed by atoms with Gasteiger partial charge in [0.05, 0.1) is 0 Å². The van der Waals surface area contributed by atoms with E-state index in [4.69, 9.17) is 0 Å². The zero-order valence-corrected chi connectivity index (χ0v) is 10.9. The number of piperidine rings is 1. The summed E-state index contributed by atoms with van der Waals surface area (Å²) in [5.74, 6) is 3.24. The molecule has 1 nitrogen and oxygen atoms in total. The number of rotatable bonds is 0. The highest BCUT2D eigenvalue weighted by atomic mass is 28.3. The number of hydrogen-bond acceptors (Lipinski definition) is 1. The van der Waals surface area contributed by atoms with Crippen LogP contribution in [-0.4, -0.2) is 33.1 Å². The van der Waals surface area contributed by atoms with E-state index >= 15 is 0 Å². The van der Waals surface area contributed by atoms with Gasteiger partial charge in [-0.05, 0) is 26.0 Å². The molecular formula is C12H21NSi. The van der Waals surface area contributed by atoms with Crippen molar-refractivity contribution < 1.29 is 0 Å². The maximum absolute atomic E-state index is 3.38. The normalized spacial score (nSPS) is 18.7. The molecular weight excluding hydrogens is 186 g/mol. The van der Waals surface area contributed by atoms with E-state index in [1.165, 1.54) is 31.5 Å². The summed E-state index contributed by atoms with van der Waals surface area (Å²) in [7, 11) is 1.01. The molecule has 0 aromatic carbocycles. The van der Waals surface area contributed by atoms with Crippen molar-refractivity contribution in [2.75, 3.05) is 20.1 Å². The topological polar surface area (TPSA) is 3.24 Å². The van der Waals surface area contributed by atoms with Crippen LogP contribution in [0.2, 0.25) is 19.6 Å². The van der Waals surface area contributed by atoms with Gasteiger partial charge < -0.3 is 4.90 Å². The molecule has 0 N–H and O–H groups in total. The van der Waals surface area contributed by atoms with Gasteiger partial charge in [-0.25, -0.2) is 0 Å². The average molecular weight is 207 g/mol. The molecule has 1 saturated heterocycles. The third-order valence-electron chi connectivity index (χ3n) is 2.35. The molecule has 0 amide bonds. The molecule has 1 rings (SSSR count). The van der Waals surface area contributed by atoms with E-state index in [1.54, 1.807) is 0 Å². The summed E-state index contributed by atoms with van der Waals surface area (Å²) < 4.78 is 0. The summed E-state index contributed by atoms with van der Waals surface area (Å²) in [4.78, 5) is 2.38. The third kappa shape index (κ3) is 4.64. The number of allylic oxidation sites excluding steroid dienone is 1. The minimum atomic E-state index is -1.17. The maximum Gasteiger partial charge on any atom is 0.129 e. The van der Waals surface area contributed by atoms with Crippen LogP contribution in [0.3, 0.4) is 0 Å². The Morgan fingerprint density at radius 2 is 1.79 bits per heavy atom. The molecule has 0 aliphatic carbocycles. The van der Waals surface area contributed by atoms with E-state index in [-0.39, 0.29) is 0 Å². The average Bonchev–Trinajstić information content (AvgIpc) is 2.06. The van der Waals surface area contributed by atoms with Gasteiger partial charge in [-0.1, -0.05) is 31.1 Å². The van der Waals surface area contributed by atoms with Gasteiger partial charge in [0.25, 0.3) is 0 Å². The Balaban J connectivity index is 2.48.